The zero-order chi connectivity index (χ0) is 17.8. The van der Waals surface area contributed by atoms with Crippen LogP contribution in [0, 0.1) is 34.5 Å². The number of oxime groups is 1. The number of nitrogens with zero attached hydrogens (tertiary/aromatic N) is 1. The first-order chi connectivity index (χ1) is 11.9. The molecule has 4 rings (SSSR count). The topological polar surface area (TPSA) is 38.7 Å². The molecule has 3 fully saturated rings. The minimum Gasteiger partial charge on any atom is -0.399 e. The van der Waals surface area contributed by atoms with E-state index >= 15 is 0 Å². The molecule has 3 heteroatoms. The maximum Gasteiger partial charge on any atom is 0.133 e. The summed E-state index contributed by atoms with van der Waals surface area (Å²) in [4.78, 5) is 17.2. The number of carbonyl (C=O) groups is 1. The van der Waals surface area contributed by atoms with Gasteiger partial charge in [-0.15, -0.1) is 0 Å². The van der Waals surface area contributed by atoms with E-state index in [9.17, 15) is 4.79 Å². The summed E-state index contributed by atoms with van der Waals surface area (Å²) in [6, 6.07) is 0. The Labute approximate surface area is 152 Å². The van der Waals surface area contributed by atoms with E-state index in [1.165, 1.54) is 38.5 Å². The molecule has 6 unspecified atom stereocenters. The smallest absolute Gasteiger partial charge is 0.133 e. The first-order valence-corrected chi connectivity index (χ1v) is 10.2. The number of carbonyl (C=O) groups excluding carboxylic acids is 1. The molecule has 0 aromatic rings. The van der Waals surface area contributed by atoms with Gasteiger partial charge in [0.1, 0.15) is 12.9 Å². The van der Waals surface area contributed by atoms with Gasteiger partial charge in [0.2, 0.25) is 0 Å². The molecule has 0 radical (unpaired) electrons. The molecule has 0 aliphatic heterocycles. The summed E-state index contributed by atoms with van der Waals surface area (Å²) < 4.78 is 0. The van der Waals surface area contributed by atoms with Crippen LogP contribution in [0.3, 0.4) is 0 Å². The fourth-order valence-corrected chi connectivity index (χ4v) is 7.43. The van der Waals surface area contributed by atoms with Gasteiger partial charge in [0.25, 0.3) is 0 Å². The number of fused-ring (bicyclic) bond motifs is 5. The van der Waals surface area contributed by atoms with Crippen LogP contribution in [0.2, 0.25) is 0 Å². The molecule has 3 nitrogen and oxygen atoms in total. The van der Waals surface area contributed by atoms with Crippen molar-refractivity contribution in [3.63, 3.8) is 0 Å². The molecule has 3 saturated carbocycles. The highest BCUT2D eigenvalue weighted by molar-refractivity contribution is 5.96. The molecule has 0 aromatic heterocycles. The molecule has 0 spiro atoms. The molecule has 25 heavy (non-hydrogen) atoms. The van der Waals surface area contributed by atoms with Crippen molar-refractivity contribution < 1.29 is 9.63 Å². The van der Waals surface area contributed by atoms with E-state index < -0.39 is 0 Å². The number of rotatable bonds is 2. The Kier molecular flexibility index (Phi) is 4.12. The number of Topliss-reactive ketones (excluding diaryl/α,β-unsaturated/α-hetero) is 1. The summed E-state index contributed by atoms with van der Waals surface area (Å²) in [5.41, 5.74) is 3.33. The van der Waals surface area contributed by atoms with Gasteiger partial charge in [-0.1, -0.05) is 24.6 Å². The molecule has 6 atom stereocenters. The largest absolute Gasteiger partial charge is 0.399 e. The summed E-state index contributed by atoms with van der Waals surface area (Å²) in [5, 5.41) is 4.21. The average molecular weight is 344 g/mol. The minimum absolute atomic E-state index is 0.266. The summed E-state index contributed by atoms with van der Waals surface area (Å²) in [6.45, 7) is 6.77. The van der Waals surface area contributed by atoms with Gasteiger partial charge in [0.05, 0.1) is 5.71 Å². The Hall–Kier alpha value is -1.12. The highest BCUT2D eigenvalue weighted by atomic mass is 16.6. The van der Waals surface area contributed by atoms with E-state index in [2.05, 4.69) is 25.1 Å². The van der Waals surface area contributed by atoms with Gasteiger partial charge in [0.15, 0.2) is 0 Å². The van der Waals surface area contributed by atoms with Gasteiger partial charge in [-0.25, -0.2) is 0 Å². The SMILES string of the molecule is CON=C1C=C2CCC3C(CCC4(C)C(C(C)=O)CCC34)C2(C)CC1. The number of ketones is 1. The molecular weight excluding hydrogens is 310 g/mol. The van der Waals surface area contributed by atoms with Crippen LogP contribution in [0.1, 0.15) is 72.1 Å². The van der Waals surface area contributed by atoms with Crippen molar-refractivity contribution in [2.45, 2.75) is 72.1 Å². The quantitative estimate of drug-likeness (QED) is 0.650. The van der Waals surface area contributed by atoms with Crippen LogP contribution in [-0.2, 0) is 9.63 Å². The summed E-state index contributed by atoms with van der Waals surface area (Å²) >= 11 is 0. The maximum absolute atomic E-state index is 12.2. The second-order valence-electron chi connectivity index (χ2n) is 9.55. The Bertz CT molecular complexity index is 636. The van der Waals surface area contributed by atoms with E-state index in [0.717, 1.165) is 36.3 Å². The monoisotopic (exact) mass is 343 g/mol. The fourth-order valence-electron chi connectivity index (χ4n) is 7.43. The van der Waals surface area contributed by atoms with Gasteiger partial charge in [-0.3, -0.25) is 4.79 Å². The lowest BCUT2D eigenvalue weighted by Crippen LogP contribution is -2.51. The molecule has 138 valence electrons. The van der Waals surface area contributed by atoms with Crippen molar-refractivity contribution in [2.75, 3.05) is 7.11 Å². The van der Waals surface area contributed by atoms with E-state index in [1.807, 2.05) is 6.92 Å². The summed E-state index contributed by atoms with van der Waals surface area (Å²) in [5.74, 6) is 3.11. The van der Waals surface area contributed by atoms with Crippen LogP contribution < -0.4 is 0 Å². The molecule has 4 aliphatic carbocycles. The zero-order valence-corrected chi connectivity index (χ0v) is 16.3. The second-order valence-corrected chi connectivity index (χ2v) is 9.55. The van der Waals surface area contributed by atoms with Gasteiger partial charge in [-0.2, -0.15) is 0 Å². The molecule has 0 saturated heterocycles. The van der Waals surface area contributed by atoms with Crippen LogP contribution in [0.4, 0.5) is 0 Å². The third kappa shape index (κ3) is 2.44. The lowest BCUT2D eigenvalue weighted by Gasteiger charge is -2.58. The molecule has 0 bridgehead atoms. The normalized spacial score (nSPS) is 47.5. The van der Waals surface area contributed by atoms with Gasteiger partial charge in [-0.05, 0) is 93.0 Å². The van der Waals surface area contributed by atoms with Crippen molar-refractivity contribution >= 4 is 11.5 Å². The zero-order valence-electron chi connectivity index (χ0n) is 16.3. The number of hydrogen-bond donors (Lipinski definition) is 0. The van der Waals surface area contributed by atoms with E-state index in [4.69, 9.17) is 4.84 Å². The van der Waals surface area contributed by atoms with Crippen LogP contribution in [0.25, 0.3) is 0 Å². The fraction of sp³-hybridized carbons (Fsp3) is 0.818. The summed E-state index contributed by atoms with van der Waals surface area (Å²) in [7, 11) is 1.64. The predicted octanol–water partition coefficient (Wildman–Crippen LogP) is 5.16. The van der Waals surface area contributed by atoms with Crippen molar-refractivity contribution in [3.8, 4) is 0 Å². The first kappa shape index (κ1) is 17.3. The Morgan fingerprint density at radius 2 is 1.92 bits per heavy atom. The van der Waals surface area contributed by atoms with E-state index in [0.29, 0.717) is 17.1 Å². The minimum atomic E-state index is 0.266. The van der Waals surface area contributed by atoms with Crippen LogP contribution in [0.5, 0.6) is 0 Å². The van der Waals surface area contributed by atoms with Gasteiger partial charge < -0.3 is 4.84 Å². The van der Waals surface area contributed by atoms with Crippen molar-refractivity contribution in [1.29, 1.82) is 0 Å². The number of hydrogen-bond acceptors (Lipinski definition) is 3. The third-order valence-electron chi connectivity index (χ3n) is 8.68. The van der Waals surface area contributed by atoms with Crippen molar-refractivity contribution in [1.82, 2.24) is 0 Å². The standard InChI is InChI=1S/C22H33NO2/c1-14(24)18-7-8-19-17-6-5-15-13-16(23-25-4)9-11-21(15,2)20(17)10-12-22(18,19)3/h13,17-20H,5-12H2,1-4H3. The van der Waals surface area contributed by atoms with Crippen LogP contribution in [-0.4, -0.2) is 18.6 Å². The average Bonchev–Trinajstić information content (AvgIpc) is 2.93. The summed E-state index contributed by atoms with van der Waals surface area (Å²) in [6.07, 6.45) is 12.0. The lowest BCUT2D eigenvalue weighted by atomic mass is 9.46. The highest BCUT2D eigenvalue weighted by Gasteiger charge is 2.59. The van der Waals surface area contributed by atoms with Crippen LogP contribution in [0.15, 0.2) is 16.8 Å². The van der Waals surface area contributed by atoms with Gasteiger partial charge in [0, 0.05) is 5.92 Å². The lowest BCUT2D eigenvalue weighted by molar-refractivity contribution is -0.127. The Balaban J connectivity index is 1.64. The van der Waals surface area contributed by atoms with E-state index in [-0.39, 0.29) is 5.41 Å². The first-order valence-electron chi connectivity index (χ1n) is 10.2. The van der Waals surface area contributed by atoms with Crippen LogP contribution >= 0.6 is 0 Å². The molecule has 0 aromatic carbocycles. The molecule has 0 N–H and O–H groups in total. The third-order valence-corrected chi connectivity index (χ3v) is 8.68. The van der Waals surface area contributed by atoms with Crippen molar-refractivity contribution in [3.05, 3.63) is 11.6 Å². The Morgan fingerprint density at radius 1 is 1.12 bits per heavy atom. The second kappa shape index (κ2) is 5.96. The number of allylic oxidation sites excluding steroid dienone is 2. The van der Waals surface area contributed by atoms with Gasteiger partial charge >= 0.3 is 0 Å². The Morgan fingerprint density at radius 3 is 2.64 bits per heavy atom. The molecular formula is C22H33NO2. The van der Waals surface area contributed by atoms with E-state index in [1.54, 1.807) is 12.7 Å². The van der Waals surface area contributed by atoms with Crippen molar-refractivity contribution in [2.24, 2.45) is 39.7 Å². The molecule has 0 heterocycles. The predicted molar refractivity (Wildman–Crippen MR) is 100 cm³/mol. The maximum atomic E-state index is 12.2. The highest BCUT2D eigenvalue weighted by Crippen LogP contribution is 2.66. The molecule has 4 aliphatic rings. The molecule has 0 amide bonds.